The molecule has 1 atom stereocenters. The van der Waals surface area contributed by atoms with Crippen molar-refractivity contribution >= 4 is 17.6 Å². The Kier molecular flexibility index (Phi) is 4.61. The SMILES string of the molecule is C[C@H](NC(=O)COC(=O)c1ccc(N)cc1)c1ccco1. The molecule has 1 heterocycles. The lowest BCUT2D eigenvalue weighted by Crippen LogP contribution is -2.30. The molecule has 6 heteroatoms. The molecule has 3 N–H and O–H groups in total. The number of nitrogens with one attached hydrogen (secondary N) is 1. The van der Waals surface area contributed by atoms with E-state index >= 15 is 0 Å². The maximum atomic E-state index is 11.7. The minimum absolute atomic E-state index is 0.289. The molecular formula is C15H16N2O4. The maximum absolute atomic E-state index is 11.7. The molecule has 1 aromatic heterocycles. The fourth-order valence-electron chi connectivity index (χ4n) is 1.73. The van der Waals surface area contributed by atoms with E-state index in [1.54, 1.807) is 43.3 Å². The summed E-state index contributed by atoms with van der Waals surface area (Å²) >= 11 is 0. The summed E-state index contributed by atoms with van der Waals surface area (Å²) < 4.78 is 10.1. The topological polar surface area (TPSA) is 94.6 Å². The molecule has 6 nitrogen and oxygen atoms in total. The summed E-state index contributed by atoms with van der Waals surface area (Å²) in [6, 6.07) is 9.47. The van der Waals surface area contributed by atoms with E-state index in [4.69, 9.17) is 14.9 Å². The van der Waals surface area contributed by atoms with Crippen LogP contribution in [-0.2, 0) is 9.53 Å². The van der Waals surface area contributed by atoms with E-state index in [-0.39, 0.29) is 12.6 Å². The number of ether oxygens (including phenoxy) is 1. The summed E-state index contributed by atoms with van der Waals surface area (Å²) in [5.74, 6) is -0.341. The highest BCUT2D eigenvalue weighted by Gasteiger charge is 2.14. The summed E-state index contributed by atoms with van der Waals surface area (Å²) in [7, 11) is 0. The molecule has 0 spiro atoms. The van der Waals surface area contributed by atoms with Gasteiger partial charge in [0.15, 0.2) is 6.61 Å². The second kappa shape index (κ2) is 6.60. The van der Waals surface area contributed by atoms with Gasteiger partial charge in [-0.05, 0) is 43.3 Å². The zero-order valence-electron chi connectivity index (χ0n) is 11.5. The Morgan fingerprint density at radius 3 is 2.62 bits per heavy atom. The van der Waals surface area contributed by atoms with Gasteiger partial charge < -0.3 is 20.2 Å². The Balaban J connectivity index is 1.81. The molecule has 0 unspecified atom stereocenters. The van der Waals surface area contributed by atoms with Crippen LogP contribution in [0.5, 0.6) is 0 Å². The number of nitrogen functional groups attached to an aromatic ring is 1. The highest BCUT2D eigenvalue weighted by Crippen LogP contribution is 2.12. The molecule has 0 aliphatic rings. The van der Waals surface area contributed by atoms with Crippen LogP contribution in [0.2, 0.25) is 0 Å². The Morgan fingerprint density at radius 2 is 2.00 bits per heavy atom. The first-order chi connectivity index (χ1) is 10.1. The minimum atomic E-state index is -0.573. The maximum Gasteiger partial charge on any atom is 0.338 e. The van der Waals surface area contributed by atoms with Crippen molar-refractivity contribution in [1.82, 2.24) is 5.32 Å². The van der Waals surface area contributed by atoms with Crippen molar-refractivity contribution in [3.63, 3.8) is 0 Å². The molecule has 0 aliphatic heterocycles. The van der Waals surface area contributed by atoms with Crippen LogP contribution >= 0.6 is 0 Å². The number of esters is 1. The monoisotopic (exact) mass is 288 g/mol. The second-order valence-electron chi connectivity index (χ2n) is 4.50. The number of carbonyl (C=O) groups is 2. The summed E-state index contributed by atoms with van der Waals surface area (Å²) in [6.07, 6.45) is 1.53. The van der Waals surface area contributed by atoms with Gasteiger partial charge >= 0.3 is 5.97 Å². The van der Waals surface area contributed by atoms with Gasteiger partial charge in [0.25, 0.3) is 5.91 Å². The first kappa shape index (κ1) is 14.6. The molecule has 0 bridgehead atoms. The molecule has 21 heavy (non-hydrogen) atoms. The van der Waals surface area contributed by atoms with E-state index in [2.05, 4.69) is 5.32 Å². The van der Waals surface area contributed by atoms with Gasteiger partial charge in [0.05, 0.1) is 17.9 Å². The summed E-state index contributed by atoms with van der Waals surface area (Å²) in [6.45, 7) is 1.42. The molecule has 0 saturated carbocycles. The van der Waals surface area contributed by atoms with Gasteiger partial charge in [0.2, 0.25) is 0 Å². The summed E-state index contributed by atoms with van der Waals surface area (Å²) in [4.78, 5) is 23.4. The van der Waals surface area contributed by atoms with Gasteiger partial charge in [-0.15, -0.1) is 0 Å². The molecule has 0 aliphatic carbocycles. The molecule has 0 saturated heterocycles. The van der Waals surface area contributed by atoms with Crippen LogP contribution in [-0.4, -0.2) is 18.5 Å². The van der Waals surface area contributed by atoms with E-state index in [0.29, 0.717) is 17.0 Å². The smallest absolute Gasteiger partial charge is 0.338 e. The Labute approximate surface area is 121 Å². The first-order valence-corrected chi connectivity index (χ1v) is 6.41. The molecule has 2 rings (SSSR count). The molecular weight excluding hydrogens is 272 g/mol. The number of amides is 1. The van der Waals surface area contributed by atoms with E-state index in [9.17, 15) is 9.59 Å². The lowest BCUT2D eigenvalue weighted by atomic mass is 10.2. The molecule has 1 amide bonds. The van der Waals surface area contributed by atoms with E-state index in [1.807, 2.05) is 0 Å². The molecule has 0 fully saturated rings. The van der Waals surface area contributed by atoms with Crippen LogP contribution in [0.15, 0.2) is 47.1 Å². The third kappa shape index (κ3) is 4.10. The van der Waals surface area contributed by atoms with Gasteiger partial charge in [0, 0.05) is 5.69 Å². The van der Waals surface area contributed by atoms with Gasteiger partial charge in [0.1, 0.15) is 5.76 Å². The number of anilines is 1. The number of furan rings is 1. The van der Waals surface area contributed by atoms with E-state index in [0.717, 1.165) is 0 Å². The van der Waals surface area contributed by atoms with Crippen molar-refractivity contribution in [2.75, 3.05) is 12.3 Å². The van der Waals surface area contributed by atoms with Gasteiger partial charge in [-0.25, -0.2) is 4.79 Å². The van der Waals surface area contributed by atoms with Crippen LogP contribution in [0.3, 0.4) is 0 Å². The minimum Gasteiger partial charge on any atom is -0.467 e. The fourth-order valence-corrected chi connectivity index (χ4v) is 1.73. The van der Waals surface area contributed by atoms with Crippen molar-refractivity contribution in [3.8, 4) is 0 Å². The van der Waals surface area contributed by atoms with Gasteiger partial charge in [-0.1, -0.05) is 0 Å². The third-order valence-corrected chi connectivity index (χ3v) is 2.83. The molecule has 110 valence electrons. The van der Waals surface area contributed by atoms with Crippen molar-refractivity contribution in [1.29, 1.82) is 0 Å². The number of hydrogen-bond donors (Lipinski definition) is 2. The second-order valence-corrected chi connectivity index (χ2v) is 4.50. The van der Waals surface area contributed by atoms with Gasteiger partial charge in [-0.3, -0.25) is 4.79 Å². The molecule has 2 aromatic rings. The highest BCUT2D eigenvalue weighted by atomic mass is 16.5. The number of hydrogen-bond acceptors (Lipinski definition) is 5. The van der Waals surface area contributed by atoms with E-state index < -0.39 is 11.9 Å². The number of benzene rings is 1. The first-order valence-electron chi connectivity index (χ1n) is 6.41. The predicted octanol–water partition coefficient (Wildman–Crippen LogP) is 1.90. The van der Waals surface area contributed by atoms with Crippen LogP contribution < -0.4 is 11.1 Å². The number of rotatable bonds is 5. The lowest BCUT2D eigenvalue weighted by molar-refractivity contribution is -0.125. The lowest BCUT2D eigenvalue weighted by Gasteiger charge is -2.11. The van der Waals surface area contributed by atoms with E-state index in [1.165, 1.54) is 6.26 Å². The average Bonchev–Trinajstić information content (AvgIpc) is 3.00. The zero-order valence-corrected chi connectivity index (χ0v) is 11.5. The fraction of sp³-hybridized carbons (Fsp3) is 0.200. The average molecular weight is 288 g/mol. The van der Waals surface area contributed by atoms with Gasteiger partial charge in [-0.2, -0.15) is 0 Å². The number of nitrogens with two attached hydrogens (primary N) is 1. The normalized spacial score (nSPS) is 11.7. The number of carbonyl (C=O) groups excluding carboxylic acids is 2. The Bertz CT molecular complexity index is 605. The predicted molar refractivity (Wildman–Crippen MR) is 76.4 cm³/mol. The molecule has 0 radical (unpaired) electrons. The highest BCUT2D eigenvalue weighted by molar-refractivity contribution is 5.91. The third-order valence-electron chi connectivity index (χ3n) is 2.83. The van der Waals surface area contributed by atoms with Crippen molar-refractivity contribution in [2.24, 2.45) is 0 Å². The standard InChI is InChI=1S/C15H16N2O4/c1-10(13-3-2-8-20-13)17-14(18)9-21-15(19)11-4-6-12(16)7-5-11/h2-8,10H,9,16H2,1H3,(H,17,18)/t10-/m0/s1. The van der Waals surface area contributed by atoms with Crippen LogP contribution in [0, 0.1) is 0 Å². The zero-order chi connectivity index (χ0) is 15.2. The summed E-state index contributed by atoms with van der Waals surface area (Å²) in [5.41, 5.74) is 6.42. The quantitative estimate of drug-likeness (QED) is 0.647. The van der Waals surface area contributed by atoms with Crippen LogP contribution in [0.1, 0.15) is 29.1 Å². The van der Waals surface area contributed by atoms with Crippen molar-refractivity contribution < 1.29 is 18.7 Å². The van der Waals surface area contributed by atoms with Crippen molar-refractivity contribution in [3.05, 3.63) is 54.0 Å². The van der Waals surface area contributed by atoms with Crippen molar-refractivity contribution in [2.45, 2.75) is 13.0 Å². The molecule has 1 aromatic carbocycles. The summed E-state index contributed by atoms with van der Waals surface area (Å²) in [5, 5.41) is 2.67. The largest absolute Gasteiger partial charge is 0.467 e. The Morgan fingerprint density at radius 1 is 1.29 bits per heavy atom. The Hall–Kier alpha value is -2.76. The van der Waals surface area contributed by atoms with Crippen LogP contribution in [0.25, 0.3) is 0 Å². The van der Waals surface area contributed by atoms with Crippen LogP contribution in [0.4, 0.5) is 5.69 Å².